The largest absolute Gasteiger partial charge is 0.381 e. The molecule has 1 heterocycles. The minimum absolute atomic E-state index is 0.105. The zero-order chi connectivity index (χ0) is 13.9. The van der Waals surface area contributed by atoms with E-state index in [-0.39, 0.29) is 18.0 Å². The Hall–Kier alpha value is -1.55. The monoisotopic (exact) mass is 274 g/mol. The first-order valence-corrected chi connectivity index (χ1v) is 7.44. The van der Waals surface area contributed by atoms with Gasteiger partial charge in [-0.15, -0.1) is 0 Å². The number of carbonyl (C=O) groups is 1. The van der Waals surface area contributed by atoms with Crippen LogP contribution in [-0.4, -0.2) is 31.2 Å². The predicted octanol–water partition coefficient (Wildman–Crippen LogP) is 2.10. The van der Waals surface area contributed by atoms with Crippen molar-refractivity contribution in [3.05, 3.63) is 29.8 Å². The van der Waals surface area contributed by atoms with Crippen molar-refractivity contribution in [3.63, 3.8) is 0 Å². The summed E-state index contributed by atoms with van der Waals surface area (Å²) >= 11 is 0. The second-order valence-corrected chi connectivity index (χ2v) is 5.77. The first kappa shape index (κ1) is 13.4. The zero-order valence-electron chi connectivity index (χ0n) is 11.9. The summed E-state index contributed by atoms with van der Waals surface area (Å²) < 4.78 is 5.35. The standard InChI is InChI=1S/C16H22N2O2/c1-20-13-8-7-12(10-13)17-16(19)15-9-6-11-4-2-3-5-14(11)18-15/h2-5,12-13,15,18H,6-10H2,1H3,(H,17,19). The van der Waals surface area contributed by atoms with E-state index in [0.29, 0.717) is 6.10 Å². The van der Waals surface area contributed by atoms with Gasteiger partial charge in [0.05, 0.1) is 6.10 Å². The first-order chi connectivity index (χ1) is 9.76. The molecule has 4 heteroatoms. The van der Waals surface area contributed by atoms with Crippen LogP contribution in [0.2, 0.25) is 0 Å². The van der Waals surface area contributed by atoms with Crippen molar-refractivity contribution in [1.82, 2.24) is 5.32 Å². The molecule has 108 valence electrons. The quantitative estimate of drug-likeness (QED) is 0.887. The number of methoxy groups -OCH3 is 1. The summed E-state index contributed by atoms with van der Waals surface area (Å²) in [4.78, 5) is 12.3. The number of carbonyl (C=O) groups excluding carboxylic acids is 1. The van der Waals surface area contributed by atoms with Crippen molar-refractivity contribution in [3.8, 4) is 0 Å². The Morgan fingerprint density at radius 1 is 1.30 bits per heavy atom. The molecule has 1 aliphatic heterocycles. The lowest BCUT2D eigenvalue weighted by Gasteiger charge is -2.27. The summed E-state index contributed by atoms with van der Waals surface area (Å²) in [5, 5.41) is 6.51. The molecular formula is C16H22N2O2. The number of hydrogen-bond acceptors (Lipinski definition) is 3. The van der Waals surface area contributed by atoms with Gasteiger partial charge < -0.3 is 15.4 Å². The molecular weight excluding hydrogens is 252 g/mol. The number of ether oxygens (including phenoxy) is 1. The molecule has 0 bridgehead atoms. The van der Waals surface area contributed by atoms with Crippen LogP contribution in [0.4, 0.5) is 5.69 Å². The molecule has 0 radical (unpaired) electrons. The maximum absolute atomic E-state index is 12.3. The first-order valence-electron chi connectivity index (χ1n) is 7.44. The van der Waals surface area contributed by atoms with E-state index in [1.165, 1.54) is 5.56 Å². The topological polar surface area (TPSA) is 50.4 Å². The molecule has 0 spiro atoms. The van der Waals surface area contributed by atoms with Crippen molar-refractivity contribution in [2.45, 2.75) is 50.3 Å². The molecule has 1 saturated carbocycles. The highest BCUT2D eigenvalue weighted by Crippen LogP contribution is 2.25. The zero-order valence-corrected chi connectivity index (χ0v) is 11.9. The van der Waals surface area contributed by atoms with Crippen molar-refractivity contribution in [1.29, 1.82) is 0 Å². The van der Waals surface area contributed by atoms with Gasteiger partial charge in [-0.05, 0) is 43.7 Å². The lowest BCUT2D eigenvalue weighted by atomic mass is 9.97. The highest BCUT2D eigenvalue weighted by atomic mass is 16.5. The van der Waals surface area contributed by atoms with Gasteiger partial charge >= 0.3 is 0 Å². The van der Waals surface area contributed by atoms with Crippen LogP contribution in [0, 0.1) is 0 Å². The van der Waals surface area contributed by atoms with E-state index in [2.05, 4.69) is 16.7 Å². The molecule has 2 N–H and O–H groups in total. The Labute approximate surface area is 119 Å². The predicted molar refractivity (Wildman–Crippen MR) is 78.8 cm³/mol. The second kappa shape index (κ2) is 5.83. The maximum Gasteiger partial charge on any atom is 0.242 e. The summed E-state index contributed by atoms with van der Waals surface area (Å²) in [6, 6.07) is 8.39. The number of fused-ring (bicyclic) bond motifs is 1. The van der Waals surface area contributed by atoms with Gasteiger partial charge in [-0.25, -0.2) is 0 Å². The molecule has 1 aromatic carbocycles. The minimum atomic E-state index is -0.105. The average Bonchev–Trinajstić information content (AvgIpc) is 2.94. The van der Waals surface area contributed by atoms with E-state index >= 15 is 0 Å². The fourth-order valence-corrected chi connectivity index (χ4v) is 3.22. The van der Waals surface area contributed by atoms with E-state index in [0.717, 1.165) is 37.8 Å². The molecule has 4 nitrogen and oxygen atoms in total. The van der Waals surface area contributed by atoms with Crippen LogP contribution in [0.3, 0.4) is 0 Å². The average molecular weight is 274 g/mol. The Kier molecular flexibility index (Phi) is 3.92. The summed E-state index contributed by atoms with van der Waals surface area (Å²) in [6.45, 7) is 0. The number of benzene rings is 1. The number of para-hydroxylation sites is 1. The number of amides is 1. The third-order valence-corrected chi connectivity index (χ3v) is 4.43. The molecule has 0 aromatic heterocycles. The third kappa shape index (κ3) is 2.80. The van der Waals surface area contributed by atoms with E-state index < -0.39 is 0 Å². The molecule has 3 unspecified atom stereocenters. The van der Waals surface area contributed by atoms with Crippen molar-refractivity contribution in [2.24, 2.45) is 0 Å². The van der Waals surface area contributed by atoms with E-state index in [9.17, 15) is 4.79 Å². The fraction of sp³-hybridized carbons (Fsp3) is 0.562. The van der Waals surface area contributed by atoms with Gasteiger partial charge in [-0.2, -0.15) is 0 Å². The number of hydrogen-bond donors (Lipinski definition) is 2. The summed E-state index contributed by atoms with van der Waals surface area (Å²) in [6.07, 6.45) is 5.14. The minimum Gasteiger partial charge on any atom is -0.381 e. The molecule has 0 saturated heterocycles. The van der Waals surface area contributed by atoms with Gasteiger partial charge in [0.2, 0.25) is 5.91 Å². The molecule has 1 aromatic rings. The Morgan fingerprint density at radius 3 is 2.95 bits per heavy atom. The molecule has 1 fully saturated rings. The maximum atomic E-state index is 12.3. The number of aryl methyl sites for hydroxylation is 1. The van der Waals surface area contributed by atoms with Crippen LogP contribution in [0.5, 0.6) is 0 Å². The van der Waals surface area contributed by atoms with E-state index in [1.54, 1.807) is 7.11 Å². The molecule has 2 aliphatic rings. The van der Waals surface area contributed by atoms with Crippen molar-refractivity contribution in [2.75, 3.05) is 12.4 Å². The van der Waals surface area contributed by atoms with Crippen LogP contribution in [0.25, 0.3) is 0 Å². The van der Waals surface area contributed by atoms with Crippen LogP contribution in [-0.2, 0) is 16.0 Å². The Morgan fingerprint density at radius 2 is 2.15 bits per heavy atom. The lowest BCUT2D eigenvalue weighted by molar-refractivity contribution is -0.122. The van der Waals surface area contributed by atoms with Crippen LogP contribution in [0.1, 0.15) is 31.2 Å². The van der Waals surface area contributed by atoms with Crippen LogP contribution >= 0.6 is 0 Å². The van der Waals surface area contributed by atoms with Gasteiger partial charge in [0.25, 0.3) is 0 Å². The molecule has 3 atom stereocenters. The molecule has 1 amide bonds. The smallest absolute Gasteiger partial charge is 0.242 e. The Bertz CT molecular complexity index is 489. The SMILES string of the molecule is COC1CCC(NC(=O)C2CCc3ccccc3N2)C1. The van der Waals surface area contributed by atoms with Crippen LogP contribution in [0.15, 0.2) is 24.3 Å². The van der Waals surface area contributed by atoms with Crippen LogP contribution < -0.4 is 10.6 Å². The van der Waals surface area contributed by atoms with E-state index in [4.69, 9.17) is 4.74 Å². The lowest BCUT2D eigenvalue weighted by Crippen LogP contribution is -2.45. The molecule has 3 rings (SSSR count). The van der Waals surface area contributed by atoms with Gasteiger partial charge in [0.1, 0.15) is 6.04 Å². The van der Waals surface area contributed by atoms with Crippen molar-refractivity contribution < 1.29 is 9.53 Å². The van der Waals surface area contributed by atoms with E-state index in [1.807, 2.05) is 18.2 Å². The number of rotatable bonds is 3. The third-order valence-electron chi connectivity index (χ3n) is 4.43. The normalized spacial score (nSPS) is 28.6. The van der Waals surface area contributed by atoms with Gasteiger partial charge in [0, 0.05) is 18.8 Å². The highest BCUT2D eigenvalue weighted by molar-refractivity contribution is 5.85. The second-order valence-electron chi connectivity index (χ2n) is 5.77. The molecule has 1 aliphatic carbocycles. The fourth-order valence-electron chi connectivity index (χ4n) is 3.22. The van der Waals surface area contributed by atoms with Gasteiger partial charge in [-0.1, -0.05) is 18.2 Å². The summed E-state index contributed by atoms with van der Waals surface area (Å²) in [5.41, 5.74) is 2.40. The number of anilines is 1. The molecule has 20 heavy (non-hydrogen) atoms. The summed E-state index contributed by atoms with van der Waals surface area (Å²) in [5.74, 6) is 0.126. The summed E-state index contributed by atoms with van der Waals surface area (Å²) in [7, 11) is 1.74. The van der Waals surface area contributed by atoms with Crippen molar-refractivity contribution >= 4 is 11.6 Å². The Balaban J connectivity index is 1.57. The highest BCUT2D eigenvalue weighted by Gasteiger charge is 2.29. The van der Waals surface area contributed by atoms with Gasteiger partial charge in [-0.3, -0.25) is 4.79 Å². The van der Waals surface area contributed by atoms with Gasteiger partial charge in [0.15, 0.2) is 0 Å². The number of nitrogens with one attached hydrogen (secondary N) is 2.